The average Bonchev–Trinajstić information content (AvgIpc) is 3.17. The first kappa shape index (κ1) is 16.2. The quantitative estimate of drug-likeness (QED) is 0.820. The van der Waals surface area contributed by atoms with Crippen LogP contribution in [-0.4, -0.2) is 28.1 Å². The minimum atomic E-state index is -0.260. The second-order valence-electron chi connectivity index (χ2n) is 5.08. The van der Waals surface area contributed by atoms with E-state index in [0.717, 1.165) is 12.0 Å². The Morgan fingerprint density at radius 2 is 2.23 bits per heavy atom. The Labute approximate surface area is 133 Å². The van der Waals surface area contributed by atoms with Crippen LogP contribution in [0.5, 0.6) is 0 Å². The molecule has 22 heavy (non-hydrogen) atoms. The second kappa shape index (κ2) is 7.74. The topological polar surface area (TPSA) is 76.0 Å². The Kier molecular flexibility index (Phi) is 5.71. The molecule has 6 nitrogen and oxygen atoms in total. The summed E-state index contributed by atoms with van der Waals surface area (Å²) in [6.07, 6.45) is 2.39. The van der Waals surface area contributed by atoms with E-state index in [1.54, 1.807) is 28.3 Å². The molecule has 0 aromatic carbocycles. The van der Waals surface area contributed by atoms with Gasteiger partial charge in [0, 0.05) is 12.0 Å². The summed E-state index contributed by atoms with van der Waals surface area (Å²) in [6.45, 7) is 4.34. The Morgan fingerprint density at radius 1 is 1.41 bits per heavy atom. The van der Waals surface area contributed by atoms with E-state index in [0.29, 0.717) is 12.4 Å². The smallest absolute Gasteiger partial charge is 0.244 e. The number of nitrogens with zero attached hydrogens (tertiary/aromatic N) is 2. The molecule has 0 fully saturated rings. The number of hydrogen-bond acceptors (Lipinski definition) is 4. The number of carbonyl (C=O) groups is 2. The van der Waals surface area contributed by atoms with E-state index >= 15 is 0 Å². The number of hydrogen-bond donors (Lipinski definition) is 2. The summed E-state index contributed by atoms with van der Waals surface area (Å²) in [4.78, 5) is 23.6. The third-order valence-corrected chi connectivity index (χ3v) is 4.11. The molecule has 0 spiro atoms. The number of anilines is 1. The van der Waals surface area contributed by atoms with E-state index in [9.17, 15) is 9.59 Å². The van der Waals surface area contributed by atoms with Crippen molar-refractivity contribution in [3.05, 3.63) is 34.7 Å². The first-order valence-corrected chi connectivity index (χ1v) is 8.15. The van der Waals surface area contributed by atoms with Crippen LogP contribution in [0.2, 0.25) is 0 Å². The van der Waals surface area contributed by atoms with Crippen LogP contribution in [0.25, 0.3) is 0 Å². The molecule has 2 N–H and O–H groups in total. The molecule has 7 heteroatoms. The molecule has 0 aliphatic carbocycles. The summed E-state index contributed by atoms with van der Waals surface area (Å²) in [5.41, 5.74) is 1.13. The lowest BCUT2D eigenvalue weighted by Gasteiger charge is -2.11. The molecule has 2 amide bonds. The Bertz CT molecular complexity index is 621. The lowest BCUT2D eigenvalue weighted by molar-refractivity contribution is -0.126. The van der Waals surface area contributed by atoms with Crippen molar-refractivity contribution in [2.75, 3.05) is 11.9 Å². The van der Waals surface area contributed by atoms with Gasteiger partial charge in [-0.3, -0.25) is 9.59 Å². The number of aromatic nitrogens is 2. The molecule has 0 radical (unpaired) electrons. The first-order chi connectivity index (χ1) is 10.6. The van der Waals surface area contributed by atoms with Gasteiger partial charge in [-0.05, 0) is 28.8 Å². The van der Waals surface area contributed by atoms with Crippen molar-refractivity contribution in [1.82, 2.24) is 15.1 Å². The van der Waals surface area contributed by atoms with Crippen molar-refractivity contribution < 1.29 is 9.59 Å². The van der Waals surface area contributed by atoms with Gasteiger partial charge in [0.25, 0.3) is 0 Å². The van der Waals surface area contributed by atoms with Gasteiger partial charge in [-0.15, -0.1) is 0 Å². The van der Waals surface area contributed by atoms with Gasteiger partial charge in [0.1, 0.15) is 5.82 Å². The van der Waals surface area contributed by atoms with E-state index in [1.165, 1.54) is 0 Å². The van der Waals surface area contributed by atoms with Gasteiger partial charge < -0.3 is 10.6 Å². The minimum Gasteiger partial charge on any atom is -0.347 e. The Morgan fingerprint density at radius 3 is 2.91 bits per heavy atom. The zero-order valence-electron chi connectivity index (χ0n) is 12.7. The number of rotatable bonds is 7. The van der Waals surface area contributed by atoms with E-state index in [-0.39, 0.29) is 24.3 Å². The normalized spacial score (nSPS) is 11.9. The van der Waals surface area contributed by atoms with E-state index < -0.39 is 0 Å². The highest BCUT2D eigenvalue weighted by Gasteiger charge is 2.13. The monoisotopic (exact) mass is 320 g/mol. The van der Waals surface area contributed by atoms with Crippen LogP contribution in [0.3, 0.4) is 0 Å². The van der Waals surface area contributed by atoms with Crippen LogP contribution < -0.4 is 10.6 Å². The standard InChI is InChI=1S/C15H20N4O2S/c1-3-11(2)15(21)16-8-14(20)18-13-4-6-17-19(13)9-12-5-7-22-10-12/h4-7,10-11H,3,8-9H2,1-2H3,(H,16,21)(H,18,20). The summed E-state index contributed by atoms with van der Waals surface area (Å²) < 4.78 is 1.72. The number of nitrogens with one attached hydrogen (secondary N) is 2. The molecule has 2 heterocycles. The molecule has 2 aromatic heterocycles. The predicted molar refractivity (Wildman–Crippen MR) is 86.7 cm³/mol. The highest BCUT2D eigenvalue weighted by molar-refractivity contribution is 7.07. The Hall–Kier alpha value is -2.15. The molecule has 0 bridgehead atoms. The highest BCUT2D eigenvalue weighted by atomic mass is 32.1. The summed E-state index contributed by atoms with van der Waals surface area (Å²) in [5, 5.41) is 13.6. The molecule has 0 saturated carbocycles. The largest absolute Gasteiger partial charge is 0.347 e. The summed E-state index contributed by atoms with van der Waals surface area (Å²) in [6, 6.07) is 3.76. The van der Waals surface area contributed by atoms with Crippen molar-refractivity contribution >= 4 is 29.0 Å². The molecule has 118 valence electrons. The fraction of sp³-hybridized carbons (Fsp3) is 0.400. The maximum atomic E-state index is 11.9. The Balaban J connectivity index is 1.87. The van der Waals surface area contributed by atoms with Crippen molar-refractivity contribution in [3.8, 4) is 0 Å². The zero-order valence-corrected chi connectivity index (χ0v) is 13.5. The van der Waals surface area contributed by atoms with Crippen molar-refractivity contribution in [2.45, 2.75) is 26.8 Å². The third-order valence-electron chi connectivity index (χ3n) is 3.38. The fourth-order valence-corrected chi connectivity index (χ4v) is 2.49. The SMILES string of the molecule is CCC(C)C(=O)NCC(=O)Nc1ccnn1Cc1ccsc1. The van der Waals surface area contributed by atoms with Crippen LogP contribution in [0.1, 0.15) is 25.8 Å². The molecule has 1 unspecified atom stereocenters. The summed E-state index contributed by atoms with van der Waals surface area (Å²) in [7, 11) is 0. The van der Waals surface area contributed by atoms with Gasteiger partial charge in [-0.2, -0.15) is 16.4 Å². The van der Waals surface area contributed by atoms with Gasteiger partial charge in [0.15, 0.2) is 0 Å². The van der Waals surface area contributed by atoms with Crippen molar-refractivity contribution in [1.29, 1.82) is 0 Å². The highest BCUT2D eigenvalue weighted by Crippen LogP contribution is 2.12. The maximum absolute atomic E-state index is 11.9. The van der Waals surface area contributed by atoms with Crippen molar-refractivity contribution in [3.63, 3.8) is 0 Å². The number of carbonyl (C=O) groups excluding carboxylic acids is 2. The molecule has 0 aliphatic rings. The van der Waals surface area contributed by atoms with Gasteiger partial charge in [0.05, 0.1) is 19.3 Å². The predicted octanol–water partition coefficient (Wildman–Crippen LogP) is 2.09. The van der Waals surface area contributed by atoms with Crippen LogP contribution >= 0.6 is 11.3 Å². The molecular weight excluding hydrogens is 300 g/mol. The maximum Gasteiger partial charge on any atom is 0.244 e. The number of thiophene rings is 1. The van der Waals surface area contributed by atoms with Gasteiger partial charge in [-0.25, -0.2) is 4.68 Å². The molecular formula is C15H20N4O2S. The minimum absolute atomic E-state index is 0.0349. The lowest BCUT2D eigenvalue weighted by Crippen LogP contribution is -2.36. The van der Waals surface area contributed by atoms with Crippen molar-refractivity contribution in [2.24, 2.45) is 5.92 Å². The van der Waals surface area contributed by atoms with Crippen LogP contribution in [0.15, 0.2) is 29.1 Å². The molecule has 2 aromatic rings. The van der Waals surface area contributed by atoms with Gasteiger partial charge >= 0.3 is 0 Å². The summed E-state index contributed by atoms with van der Waals surface area (Å²) >= 11 is 1.62. The van der Waals surface area contributed by atoms with Gasteiger partial charge in [-0.1, -0.05) is 13.8 Å². The lowest BCUT2D eigenvalue weighted by atomic mass is 10.1. The van der Waals surface area contributed by atoms with E-state index in [4.69, 9.17) is 0 Å². The van der Waals surface area contributed by atoms with Crippen LogP contribution in [0.4, 0.5) is 5.82 Å². The van der Waals surface area contributed by atoms with E-state index in [1.807, 2.05) is 30.7 Å². The average molecular weight is 320 g/mol. The summed E-state index contributed by atoms with van der Waals surface area (Å²) in [5.74, 6) is 0.166. The van der Waals surface area contributed by atoms with Crippen LogP contribution in [0, 0.1) is 5.92 Å². The fourth-order valence-electron chi connectivity index (χ4n) is 1.83. The second-order valence-corrected chi connectivity index (χ2v) is 5.86. The molecule has 2 rings (SSSR count). The zero-order chi connectivity index (χ0) is 15.9. The van der Waals surface area contributed by atoms with Gasteiger partial charge in [0.2, 0.25) is 11.8 Å². The molecule has 0 saturated heterocycles. The first-order valence-electron chi connectivity index (χ1n) is 7.20. The number of amides is 2. The third kappa shape index (κ3) is 4.42. The molecule has 1 atom stereocenters. The van der Waals surface area contributed by atoms with Crippen LogP contribution in [-0.2, 0) is 16.1 Å². The molecule has 0 aliphatic heterocycles. The van der Waals surface area contributed by atoms with E-state index in [2.05, 4.69) is 15.7 Å².